The third-order valence-electron chi connectivity index (χ3n) is 4.85. The first-order valence-electron chi connectivity index (χ1n) is 8.98. The Balaban J connectivity index is 1.78. The van der Waals surface area contributed by atoms with E-state index in [2.05, 4.69) is 0 Å². The van der Waals surface area contributed by atoms with Crippen molar-refractivity contribution in [3.8, 4) is 0 Å². The van der Waals surface area contributed by atoms with Crippen molar-refractivity contribution >= 4 is 34.6 Å². The molecule has 0 bridgehead atoms. The van der Waals surface area contributed by atoms with Crippen LogP contribution in [0.5, 0.6) is 0 Å². The van der Waals surface area contributed by atoms with Gasteiger partial charge in [0.2, 0.25) is 0 Å². The molecule has 9 heteroatoms. The molecule has 1 aromatic rings. The molecular formula is C19H22F3IN2O3. The van der Waals surface area contributed by atoms with Crippen molar-refractivity contribution in [2.75, 3.05) is 19.6 Å². The summed E-state index contributed by atoms with van der Waals surface area (Å²) in [6, 6.07) is 3.39. The lowest BCUT2D eigenvalue weighted by Gasteiger charge is -2.42. The predicted octanol–water partition coefficient (Wildman–Crippen LogP) is 4.54. The summed E-state index contributed by atoms with van der Waals surface area (Å²) >= 11 is 1.78. The van der Waals surface area contributed by atoms with Crippen molar-refractivity contribution in [2.45, 2.75) is 50.9 Å². The molecule has 1 spiro atoms. The van der Waals surface area contributed by atoms with Crippen LogP contribution in [0.1, 0.15) is 49.5 Å². The van der Waals surface area contributed by atoms with Crippen molar-refractivity contribution in [3.63, 3.8) is 0 Å². The number of ether oxygens (including phenoxy) is 1. The monoisotopic (exact) mass is 510 g/mol. The molecule has 0 atom stereocenters. The molecule has 28 heavy (non-hydrogen) atoms. The van der Waals surface area contributed by atoms with Crippen LogP contribution in [0.15, 0.2) is 18.2 Å². The van der Waals surface area contributed by atoms with E-state index in [-0.39, 0.29) is 12.1 Å². The lowest BCUT2D eigenvalue weighted by atomic mass is 10.1. The standard InChI is InChI=1S/C19H22F3IN2O3/c1-17(2,3)28-16(27)24-6-7-25(18(11-24)4-5-18)15(26)12-8-13(19(20,21)22)10-14(23)9-12/h8-10H,4-7,11H2,1-3H3. The van der Waals surface area contributed by atoms with Crippen LogP contribution in [0.2, 0.25) is 0 Å². The highest BCUT2D eigenvalue weighted by atomic mass is 127. The number of carbonyl (C=O) groups excluding carboxylic acids is 2. The summed E-state index contributed by atoms with van der Waals surface area (Å²) in [5.41, 5.74) is -1.93. The maximum atomic E-state index is 13.1. The summed E-state index contributed by atoms with van der Waals surface area (Å²) in [6.07, 6.45) is -3.51. The van der Waals surface area contributed by atoms with Gasteiger partial charge in [0.1, 0.15) is 5.60 Å². The molecule has 1 aliphatic carbocycles. The SMILES string of the molecule is CC(C)(C)OC(=O)N1CCN(C(=O)c2cc(I)cc(C(F)(F)F)c2)C2(CC2)C1. The number of halogens is 4. The Bertz CT molecular complexity index is 801. The highest BCUT2D eigenvalue weighted by Gasteiger charge is 2.54. The van der Waals surface area contributed by atoms with Gasteiger partial charge in [-0.1, -0.05) is 0 Å². The Morgan fingerprint density at radius 2 is 1.75 bits per heavy atom. The Morgan fingerprint density at radius 3 is 2.29 bits per heavy atom. The van der Waals surface area contributed by atoms with Gasteiger partial charge in [-0.2, -0.15) is 13.2 Å². The predicted molar refractivity (Wildman–Crippen MR) is 105 cm³/mol. The van der Waals surface area contributed by atoms with Crippen molar-refractivity contribution in [1.29, 1.82) is 0 Å². The summed E-state index contributed by atoms with van der Waals surface area (Å²) in [7, 11) is 0. The van der Waals surface area contributed by atoms with Crippen LogP contribution in [0.4, 0.5) is 18.0 Å². The zero-order chi connectivity index (χ0) is 20.9. The molecular weight excluding hydrogens is 488 g/mol. The molecule has 154 valence electrons. The topological polar surface area (TPSA) is 49.9 Å². The molecule has 2 aliphatic rings. The molecule has 1 aromatic carbocycles. The van der Waals surface area contributed by atoms with Crippen LogP contribution >= 0.6 is 22.6 Å². The average molecular weight is 510 g/mol. The van der Waals surface area contributed by atoms with Crippen LogP contribution in [0.3, 0.4) is 0 Å². The molecule has 1 saturated heterocycles. The number of benzene rings is 1. The molecule has 2 amide bonds. The molecule has 0 aromatic heterocycles. The number of nitrogens with zero attached hydrogens (tertiary/aromatic N) is 2. The third kappa shape index (κ3) is 4.55. The van der Waals surface area contributed by atoms with Gasteiger partial charge in [-0.25, -0.2) is 4.79 Å². The van der Waals surface area contributed by atoms with E-state index in [1.54, 1.807) is 53.2 Å². The number of piperazine rings is 1. The number of hydrogen-bond donors (Lipinski definition) is 0. The molecule has 5 nitrogen and oxygen atoms in total. The van der Waals surface area contributed by atoms with Gasteiger partial charge in [-0.15, -0.1) is 0 Å². The molecule has 0 N–H and O–H groups in total. The van der Waals surface area contributed by atoms with Gasteiger partial charge in [-0.05, 0) is 74.4 Å². The number of hydrogen-bond acceptors (Lipinski definition) is 3. The van der Waals surface area contributed by atoms with Crippen molar-refractivity contribution in [2.24, 2.45) is 0 Å². The molecule has 2 fully saturated rings. The lowest BCUT2D eigenvalue weighted by molar-refractivity contribution is -0.137. The second kappa shape index (κ2) is 7.07. The minimum atomic E-state index is -4.51. The fraction of sp³-hybridized carbons (Fsp3) is 0.579. The number of carbonyl (C=O) groups is 2. The molecule has 0 radical (unpaired) electrons. The number of amides is 2. The summed E-state index contributed by atoms with van der Waals surface area (Å²) in [5.74, 6) is -0.426. The maximum Gasteiger partial charge on any atom is 0.416 e. The van der Waals surface area contributed by atoms with E-state index in [4.69, 9.17) is 4.74 Å². The Morgan fingerprint density at radius 1 is 1.11 bits per heavy atom. The second-order valence-corrected chi connectivity index (χ2v) is 9.56. The largest absolute Gasteiger partial charge is 0.444 e. The first kappa shape index (κ1) is 21.2. The summed E-state index contributed by atoms with van der Waals surface area (Å²) in [4.78, 5) is 28.6. The van der Waals surface area contributed by atoms with Crippen molar-refractivity contribution < 1.29 is 27.5 Å². The van der Waals surface area contributed by atoms with E-state index in [0.29, 0.717) is 29.5 Å². The van der Waals surface area contributed by atoms with Crippen LogP contribution < -0.4 is 0 Å². The van der Waals surface area contributed by atoms with E-state index in [9.17, 15) is 22.8 Å². The zero-order valence-electron chi connectivity index (χ0n) is 15.9. The van der Waals surface area contributed by atoms with Crippen molar-refractivity contribution in [1.82, 2.24) is 9.80 Å². The summed E-state index contributed by atoms with van der Waals surface area (Å²) in [6.45, 7) is 6.25. The molecule has 1 saturated carbocycles. The first-order chi connectivity index (χ1) is 12.8. The summed E-state index contributed by atoms with van der Waals surface area (Å²) < 4.78 is 45.1. The fourth-order valence-electron chi connectivity index (χ4n) is 3.38. The van der Waals surface area contributed by atoms with E-state index < -0.39 is 34.9 Å². The van der Waals surface area contributed by atoms with Gasteiger partial charge in [0.05, 0.1) is 11.1 Å². The highest BCUT2D eigenvalue weighted by Crippen LogP contribution is 2.45. The smallest absolute Gasteiger partial charge is 0.416 e. The Kier molecular flexibility index (Phi) is 5.35. The van der Waals surface area contributed by atoms with Crippen molar-refractivity contribution in [3.05, 3.63) is 32.9 Å². The summed E-state index contributed by atoms with van der Waals surface area (Å²) in [5, 5.41) is 0. The van der Waals surface area contributed by atoms with Crippen LogP contribution in [-0.4, -0.2) is 52.6 Å². The normalized spacial score (nSPS) is 19.0. The second-order valence-electron chi connectivity index (χ2n) is 8.31. The fourth-order valence-corrected chi connectivity index (χ4v) is 4.05. The minimum Gasteiger partial charge on any atom is -0.444 e. The van der Waals surface area contributed by atoms with E-state index >= 15 is 0 Å². The van der Waals surface area contributed by atoms with Gasteiger partial charge < -0.3 is 14.5 Å². The molecule has 1 aliphatic heterocycles. The van der Waals surface area contributed by atoms with E-state index in [1.165, 1.54) is 6.07 Å². The van der Waals surface area contributed by atoms with Gasteiger partial charge in [0.25, 0.3) is 5.91 Å². The molecule has 0 unspecified atom stereocenters. The highest BCUT2D eigenvalue weighted by molar-refractivity contribution is 14.1. The van der Waals surface area contributed by atoms with Gasteiger partial charge >= 0.3 is 12.3 Å². The number of rotatable bonds is 1. The zero-order valence-corrected chi connectivity index (χ0v) is 18.1. The molecule has 3 rings (SSSR count). The quantitative estimate of drug-likeness (QED) is 0.522. The average Bonchev–Trinajstić information content (AvgIpc) is 3.30. The van der Waals surface area contributed by atoms with E-state index in [0.717, 1.165) is 12.1 Å². The van der Waals surface area contributed by atoms with Gasteiger partial charge in [0, 0.05) is 28.8 Å². The number of alkyl halides is 3. The Labute approximate surface area is 175 Å². The lowest BCUT2D eigenvalue weighted by Crippen LogP contribution is -2.58. The van der Waals surface area contributed by atoms with Crippen LogP contribution in [0, 0.1) is 3.57 Å². The molecule has 1 heterocycles. The van der Waals surface area contributed by atoms with E-state index in [1.807, 2.05) is 0 Å². The van der Waals surface area contributed by atoms with Gasteiger partial charge in [0.15, 0.2) is 0 Å². The maximum absolute atomic E-state index is 13.1. The first-order valence-corrected chi connectivity index (χ1v) is 10.1. The minimum absolute atomic E-state index is 0.0243. The third-order valence-corrected chi connectivity index (χ3v) is 5.47. The van der Waals surface area contributed by atoms with Crippen LogP contribution in [-0.2, 0) is 10.9 Å². The van der Waals surface area contributed by atoms with Crippen LogP contribution in [0.25, 0.3) is 0 Å². The van der Waals surface area contributed by atoms with Gasteiger partial charge in [-0.3, -0.25) is 4.79 Å². The Hall–Kier alpha value is -1.52.